The average molecular weight is 254 g/mol. The van der Waals surface area contributed by atoms with E-state index in [0.717, 1.165) is 31.2 Å². The van der Waals surface area contributed by atoms with Crippen LogP contribution < -0.4 is 10.2 Å². The third-order valence-corrected chi connectivity index (χ3v) is 3.25. The van der Waals surface area contributed by atoms with Crippen molar-refractivity contribution < 1.29 is 0 Å². The number of hydrogen-bond acceptors (Lipinski definition) is 3. The van der Waals surface area contributed by atoms with Crippen LogP contribution in [0.1, 0.15) is 0 Å². The lowest BCUT2D eigenvalue weighted by atomic mass is 10.1. The van der Waals surface area contributed by atoms with Crippen molar-refractivity contribution in [3.8, 4) is 0 Å². The first kappa shape index (κ1) is 12.7. The summed E-state index contributed by atoms with van der Waals surface area (Å²) in [5, 5.41) is 4.36. The van der Waals surface area contributed by atoms with Gasteiger partial charge in [0, 0.05) is 42.9 Å². The molecule has 0 bridgehead atoms. The molecule has 0 radical (unpaired) electrons. The molecule has 17 heavy (non-hydrogen) atoms. The topological polar surface area (TPSA) is 18.5 Å². The minimum Gasteiger partial charge on any atom is -0.369 e. The zero-order valence-corrected chi connectivity index (χ0v) is 11.2. The summed E-state index contributed by atoms with van der Waals surface area (Å²) in [4.78, 5) is 4.62. The van der Waals surface area contributed by atoms with Crippen molar-refractivity contribution in [1.82, 2.24) is 10.2 Å². The lowest BCUT2D eigenvalue weighted by molar-refractivity contribution is 0.323. The molecule has 2 rings (SSSR count). The third kappa shape index (κ3) is 3.60. The van der Waals surface area contributed by atoms with Crippen molar-refractivity contribution >= 4 is 17.3 Å². The molecular formula is C13H20ClN3. The summed E-state index contributed by atoms with van der Waals surface area (Å²) in [6.07, 6.45) is 0. The Morgan fingerprint density at radius 2 is 2.29 bits per heavy atom. The smallest absolute Gasteiger partial charge is 0.0426 e. The molecule has 1 aromatic rings. The van der Waals surface area contributed by atoms with Gasteiger partial charge in [-0.05, 0) is 32.3 Å². The Balaban J connectivity index is 2.02. The van der Waals surface area contributed by atoms with Gasteiger partial charge in [0.2, 0.25) is 0 Å². The highest BCUT2D eigenvalue weighted by atomic mass is 35.5. The average Bonchev–Trinajstić information content (AvgIpc) is 2.28. The van der Waals surface area contributed by atoms with E-state index in [2.05, 4.69) is 35.3 Å². The maximum absolute atomic E-state index is 6.03. The molecule has 1 heterocycles. The van der Waals surface area contributed by atoms with E-state index in [1.165, 1.54) is 5.69 Å². The van der Waals surface area contributed by atoms with Crippen molar-refractivity contribution in [3.05, 3.63) is 29.3 Å². The highest BCUT2D eigenvalue weighted by molar-refractivity contribution is 6.30. The number of hydrogen-bond donors (Lipinski definition) is 1. The molecule has 4 heteroatoms. The van der Waals surface area contributed by atoms with E-state index in [1.54, 1.807) is 0 Å². The van der Waals surface area contributed by atoms with E-state index in [4.69, 9.17) is 11.6 Å². The molecule has 3 nitrogen and oxygen atoms in total. The number of nitrogens with zero attached hydrogens (tertiary/aromatic N) is 2. The summed E-state index contributed by atoms with van der Waals surface area (Å²) in [7, 11) is 4.22. The molecule has 0 aromatic heterocycles. The van der Waals surface area contributed by atoms with Gasteiger partial charge in [0.1, 0.15) is 0 Å². The Morgan fingerprint density at radius 1 is 1.47 bits per heavy atom. The lowest BCUT2D eigenvalue weighted by Gasteiger charge is -2.36. The molecular weight excluding hydrogens is 234 g/mol. The molecule has 1 aliphatic heterocycles. The molecule has 1 atom stereocenters. The summed E-state index contributed by atoms with van der Waals surface area (Å²) >= 11 is 6.03. The van der Waals surface area contributed by atoms with Crippen molar-refractivity contribution in [2.24, 2.45) is 0 Å². The van der Waals surface area contributed by atoms with Gasteiger partial charge in [-0.1, -0.05) is 17.7 Å². The van der Waals surface area contributed by atoms with E-state index in [0.29, 0.717) is 6.04 Å². The van der Waals surface area contributed by atoms with Gasteiger partial charge in [0.25, 0.3) is 0 Å². The molecule has 0 saturated carbocycles. The van der Waals surface area contributed by atoms with Gasteiger partial charge in [-0.3, -0.25) is 0 Å². The van der Waals surface area contributed by atoms with Gasteiger partial charge in [-0.15, -0.1) is 0 Å². The summed E-state index contributed by atoms with van der Waals surface area (Å²) in [5.41, 5.74) is 1.22. The van der Waals surface area contributed by atoms with Crippen LogP contribution in [0.3, 0.4) is 0 Å². The number of nitrogens with one attached hydrogen (secondary N) is 1. The van der Waals surface area contributed by atoms with Gasteiger partial charge in [0.05, 0.1) is 0 Å². The first-order chi connectivity index (χ1) is 8.15. The lowest BCUT2D eigenvalue weighted by Crippen LogP contribution is -2.54. The van der Waals surface area contributed by atoms with Crippen LogP contribution in [0.25, 0.3) is 0 Å². The zero-order chi connectivity index (χ0) is 12.3. The number of halogens is 1. The molecule has 1 saturated heterocycles. The second-order valence-corrected chi connectivity index (χ2v) is 5.28. The van der Waals surface area contributed by atoms with Crippen LogP contribution >= 0.6 is 11.6 Å². The molecule has 0 amide bonds. The Hall–Kier alpha value is -0.770. The second-order valence-electron chi connectivity index (χ2n) is 4.84. The van der Waals surface area contributed by atoms with Crippen molar-refractivity contribution in [3.63, 3.8) is 0 Å². The molecule has 1 fully saturated rings. The van der Waals surface area contributed by atoms with Gasteiger partial charge in [0.15, 0.2) is 0 Å². The predicted octanol–water partition coefficient (Wildman–Crippen LogP) is 1.68. The van der Waals surface area contributed by atoms with Crippen LogP contribution in [0.15, 0.2) is 24.3 Å². The van der Waals surface area contributed by atoms with Crippen molar-refractivity contribution in [2.75, 3.05) is 45.2 Å². The minimum atomic E-state index is 0.526. The highest BCUT2D eigenvalue weighted by Gasteiger charge is 2.19. The van der Waals surface area contributed by atoms with Crippen molar-refractivity contribution in [1.29, 1.82) is 0 Å². The Kier molecular flexibility index (Phi) is 4.26. The van der Waals surface area contributed by atoms with E-state index >= 15 is 0 Å². The van der Waals surface area contributed by atoms with Crippen LogP contribution in [0, 0.1) is 0 Å². The zero-order valence-electron chi connectivity index (χ0n) is 10.5. The van der Waals surface area contributed by atoms with E-state index in [9.17, 15) is 0 Å². The third-order valence-electron chi connectivity index (χ3n) is 3.01. The van der Waals surface area contributed by atoms with Crippen LogP contribution in [-0.2, 0) is 0 Å². The van der Waals surface area contributed by atoms with E-state index < -0.39 is 0 Å². The van der Waals surface area contributed by atoms with Crippen LogP contribution in [0.4, 0.5) is 5.69 Å². The SMILES string of the molecule is CN(C)CC1CN(c2cccc(Cl)c2)CCN1. The summed E-state index contributed by atoms with van der Waals surface area (Å²) in [6.45, 7) is 4.19. The van der Waals surface area contributed by atoms with Gasteiger partial charge >= 0.3 is 0 Å². The summed E-state index contributed by atoms with van der Waals surface area (Å²) < 4.78 is 0. The Morgan fingerprint density at radius 3 is 3.00 bits per heavy atom. The number of rotatable bonds is 3. The van der Waals surface area contributed by atoms with E-state index in [1.807, 2.05) is 18.2 Å². The van der Waals surface area contributed by atoms with E-state index in [-0.39, 0.29) is 0 Å². The molecule has 1 aliphatic rings. The fraction of sp³-hybridized carbons (Fsp3) is 0.538. The molecule has 0 spiro atoms. The Bertz CT molecular complexity index is 367. The normalized spacial score (nSPS) is 20.9. The maximum atomic E-state index is 6.03. The quantitative estimate of drug-likeness (QED) is 0.884. The fourth-order valence-electron chi connectivity index (χ4n) is 2.30. The molecule has 1 N–H and O–H groups in total. The van der Waals surface area contributed by atoms with Crippen LogP contribution in [0.5, 0.6) is 0 Å². The van der Waals surface area contributed by atoms with Gasteiger partial charge in [-0.25, -0.2) is 0 Å². The summed E-state index contributed by atoms with van der Waals surface area (Å²) in [6, 6.07) is 8.63. The minimum absolute atomic E-state index is 0.526. The molecule has 94 valence electrons. The first-order valence-corrected chi connectivity index (χ1v) is 6.41. The van der Waals surface area contributed by atoms with Crippen molar-refractivity contribution in [2.45, 2.75) is 6.04 Å². The number of benzene rings is 1. The largest absolute Gasteiger partial charge is 0.369 e. The number of anilines is 1. The summed E-state index contributed by atoms with van der Waals surface area (Å²) in [5.74, 6) is 0. The van der Waals surface area contributed by atoms with Crippen LogP contribution in [-0.4, -0.2) is 51.2 Å². The predicted molar refractivity (Wildman–Crippen MR) is 74.0 cm³/mol. The standard InChI is InChI=1S/C13H20ClN3/c1-16(2)9-12-10-17(7-6-15-12)13-5-3-4-11(14)8-13/h3-5,8,12,15H,6-7,9-10H2,1-2H3. The molecule has 0 aliphatic carbocycles. The number of piperazine rings is 1. The maximum Gasteiger partial charge on any atom is 0.0426 e. The first-order valence-electron chi connectivity index (χ1n) is 6.04. The van der Waals surface area contributed by atoms with Gasteiger partial charge < -0.3 is 15.1 Å². The fourth-order valence-corrected chi connectivity index (χ4v) is 2.48. The van der Waals surface area contributed by atoms with Gasteiger partial charge in [-0.2, -0.15) is 0 Å². The second kappa shape index (κ2) is 5.71. The Labute approximate surface area is 108 Å². The highest BCUT2D eigenvalue weighted by Crippen LogP contribution is 2.20. The molecule has 1 aromatic carbocycles. The molecule has 1 unspecified atom stereocenters. The number of likely N-dealkylation sites (N-methyl/N-ethyl adjacent to an activating group) is 1. The van der Waals surface area contributed by atoms with Crippen LogP contribution in [0.2, 0.25) is 5.02 Å². The monoisotopic (exact) mass is 253 g/mol.